The third kappa shape index (κ3) is 5.46. The highest BCUT2D eigenvalue weighted by molar-refractivity contribution is 9.10. The van der Waals surface area contributed by atoms with Crippen LogP contribution in [0.4, 0.5) is 10.1 Å². The van der Waals surface area contributed by atoms with E-state index < -0.39 is 6.10 Å². The average molecular weight is 354 g/mol. The molecule has 0 heterocycles. The van der Waals surface area contributed by atoms with E-state index in [4.69, 9.17) is 4.74 Å². The molecule has 5 heteroatoms. The molecule has 1 unspecified atom stereocenters. The zero-order chi connectivity index (χ0) is 15.1. The predicted octanol–water partition coefficient (Wildman–Crippen LogP) is 3.58. The number of rotatable bonds is 7. The fraction of sp³-hybridized carbons (Fsp3) is 0.250. The van der Waals surface area contributed by atoms with Crippen LogP contribution in [-0.2, 0) is 11.3 Å². The van der Waals surface area contributed by atoms with Crippen molar-refractivity contribution in [1.82, 2.24) is 0 Å². The SMILES string of the molecule is OC(CNc1cc(Br)ccc1F)COCc1ccccc1. The van der Waals surface area contributed by atoms with Gasteiger partial charge in [0, 0.05) is 11.0 Å². The number of hydrogen-bond donors (Lipinski definition) is 2. The van der Waals surface area contributed by atoms with E-state index in [0.717, 1.165) is 10.0 Å². The number of halogens is 2. The summed E-state index contributed by atoms with van der Waals surface area (Å²) in [6.45, 7) is 0.864. The highest BCUT2D eigenvalue weighted by Gasteiger charge is 2.07. The Morgan fingerprint density at radius 1 is 1.19 bits per heavy atom. The van der Waals surface area contributed by atoms with Crippen LogP contribution in [-0.4, -0.2) is 24.4 Å². The van der Waals surface area contributed by atoms with E-state index in [-0.39, 0.29) is 19.0 Å². The van der Waals surface area contributed by atoms with Crippen molar-refractivity contribution in [3.8, 4) is 0 Å². The Balaban J connectivity index is 1.72. The van der Waals surface area contributed by atoms with Gasteiger partial charge in [0.25, 0.3) is 0 Å². The summed E-state index contributed by atoms with van der Waals surface area (Å²) in [5, 5.41) is 12.7. The Labute approximate surface area is 131 Å². The topological polar surface area (TPSA) is 41.5 Å². The molecule has 2 N–H and O–H groups in total. The van der Waals surface area contributed by atoms with Gasteiger partial charge in [0.1, 0.15) is 5.82 Å². The van der Waals surface area contributed by atoms with Crippen molar-refractivity contribution in [2.45, 2.75) is 12.7 Å². The van der Waals surface area contributed by atoms with Gasteiger partial charge in [0.15, 0.2) is 0 Å². The van der Waals surface area contributed by atoms with Crippen molar-refractivity contribution >= 4 is 21.6 Å². The van der Waals surface area contributed by atoms with Crippen LogP contribution in [0.1, 0.15) is 5.56 Å². The summed E-state index contributed by atoms with van der Waals surface area (Å²) in [6, 6.07) is 14.4. The molecule has 0 aliphatic heterocycles. The normalized spacial score (nSPS) is 12.1. The molecule has 2 aromatic rings. The lowest BCUT2D eigenvalue weighted by molar-refractivity contribution is 0.0348. The predicted molar refractivity (Wildman–Crippen MR) is 84.7 cm³/mol. The van der Waals surface area contributed by atoms with Crippen molar-refractivity contribution in [2.24, 2.45) is 0 Å². The van der Waals surface area contributed by atoms with E-state index in [1.165, 1.54) is 6.07 Å². The molecule has 0 aromatic heterocycles. The van der Waals surface area contributed by atoms with E-state index >= 15 is 0 Å². The lowest BCUT2D eigenvalue weighted by Crippen LogP contribution is -2.25. The summed E-state index contributed by atoms with van der Waals surface area (Å²) >= 11 is 3.28. The van der Waals surface area contributed by atoms with Crippen LogP contribution < -0.4 is 5.32 Å². The molecule has 2 aromatic carbocycles. The van der Waals surface area contributed by atoms with Gasteiger partial charge < -0.3 is 15.2 Å². The number of hydrogen-bond acceptors (Lipinski definition) is 3. The molecule has 21 heavy (non-hydrogen) atoms. The molecule has 0 amide bonds. The highest BCUT2D eigenvalue weighted by atomic mass is 79.9. The lowest BCUT2D eigenvalue weighted by atomic mass is 10.2. The minimum atomic E-state index is -0.702. The molecule has 3 nitrogen and oxygen atoms in total. The molecule has 112 valence electrons. The zero-order valence-corrected chi connectivity index (χ0v) is 13.0. The number of aliphatic hydroxyl groups is 1. The van der Waals surface area contributed by atoms with Crippen molar-refractivity contribution < 1.29 is 14.2 Å². The number of benzene rings is 2. The quantitative estimate of drug-likeness (QED) is 0.799. The second-order valence-corrected chi connectivity index (χ2v) is 5.58. The van der Waals surface area contributed by atoms with E-state index in [0.29, 0.717) is 12.3 Å². The monoisotopic (exact) mass is 353 g/mol. The zero-order valence-electron chi connectivity index (χ0n) is 11.4. The van der Waals surface area contributed by atoms with Crippen molar-refractivity contribution in [1.29, 1.82) is 0 Å². The molecule has 2 rings (SSSR count). The maximum atomic E-state index is 13.5. The lowest BCUT2D eigenvalue weighted by Gasteiger charge is -2.14. The Bertz CT molecular complexity index is 565. The van der Waals surface area contributed by atoms with Gasteiger partial charge in [0.05, 0.1) is 25.0 Å². The molecular formula is C16H17BrFNO2. The van der Waals surface area contributed by atoms with Crippen LogP contribution in [0.25, 0.3) is 0 Å². The molecule has 0 bridgehead atoms. The van der Waals surface area contributed by atoms with Gasteiger partial charge in [-0.25, -0.2) is 4.39 Å². The Morgan fingerprint density at radius 2 is 1.95 bits per heavy atom. The number of anilines is 1. The fourth-order valence-electron chi connectivity index (χ4n) is 1.81. The van der Waals surface area contributed by atoms with E-state index in [1.807, 2.05) is 30.3 Å². The van der Waals surface area contributed by atoms with Gasteiger partial charge in [-0.05, 0) is 23.8 Å². The third-order valence-corrected chi connectivity index (χ3v) is 3.37. The summed E-state index contributed by atoms with van der Waals surface area (Å²) < 4.78 is 19.7. The third-order valence-electron chi connectivity index (χ3n) is 2.88. The van der Waals surface area contributed by atoms with Gasteiger partial charge in [-0.1, -0.05) is 46.3 Å². The highest BCUT2D eigenvalue weighted by Crippen LogP contribution is 2.19. The van der Waals surface area contributed by atoms with E-state index in [9.17, 15) is 9.50 Å². The number of aliphatic hydroxyl groups excluding tert-OH is 1. The summed E-state index contributed by atoms with van der Waals surface area (Å²) in [5.74, 6) is -0.351. The van der Waals surface area contributed by atoms with Gasteiger partial charge in [0.2, 0.25) is 0 Å². The summed E-state index contributed by atoms with van der Waals surface area (Å²) in [4.78, 5) is 0. The first-order valence-corrected chi connectivity index (χ1v) is 7.43. The van der Waals surface area contributed by atoms with Gasteiger partial charge in [-0.3, -0.25) is 0 Å². The molecule has 1 atom stereocenters. The largest absolute Gasteiger partial charge is 0.389 e. The van der Waals surface area contributed by atoms with E-state index in [2.05, 4.69) is 21.2 Å². The molecule has 0 spiro atoms. The van der Waals surface area contributed by atoms with Crippen LogP contribution in [0.3, 0.4) is 0 Å². The van der Waals surface area contributed by atoms with Crippen LogP contribution in [0.2, 0.25) is 0 Å². The molecule has 0 aliphatic rings. The van der Waals surface area contributed by atoms with Crippen LogP contribution >= 0.6 is 15.9 Å². The van der Waals surface area contributed by atoms with Crippen molar-refractivity contribution in [2.75, 3.05) is 18.5 Å². The second-order valence-electron chi connectivity index (χ2n) is 4.66. The maximum absolute atomic E-state index is 13.5. The van der Waals surface area contributed by atoms with Crippen molar-refractivity contribution in [3.63, 3.8) is 0 Å². The minimum Gasteiger partial charge on any atom is -0.389 e. The first kappa shape index (κ1) is 15.9. The number of nitrogens with one attached hydrogen (secondary N) is 1. The molecule has 0 aliphatic carbocycles. The van der Waals surface area contributed by atoms with Gasteiger partial charge in [-0.15, -0.1) is 0 Å². The smallest absolute Gasteiger partial charge is 0.146 e. The van der Waals surface area contributed by atoms with Crippen LogP contribution in [0, 0.1) is 5.82 Å². The Morgan fingerprint density at radius 3 is 2.71 bits per heavy atom. The molecule has 0 radical (unpaired) electrons. The fourth-order valence-corrected chi connectivity index (χ4v) is 2.17. The average Bonchev–Trinajstić information content (AvgIpc) is 2.49. The Kier molecular flexibility index (Phi) is 6.17. The van der Waals surface area contributed by atoms with E-state index in [1.54, 1.807) is 12.1 Å². The summed E-state index contributed by atoms with van der Waals surface area (Å²) in [7, 11) is 0. The van der Waals surface area contributed by atoms with Crippen molar-refractivity contribution in [3.05, 3.63) is 64.4 Å². The molecule has 0 saturated carbocycles. The first-order chi connectivity index (χ1) is 10.1. The minimum absolute atomic E-state index is 0.192. The van der Waals surface area contributed by atoms with Gasteiger partial charge >= 0.3 is 0 Å². The van der Waals surface area contributed by atoms with Crippen LogP contribution in [0.15, 0.2) is 53.0 Å². The van der Waals surface area contributed by atoms with Crippen LogP contribution in [0.5, 0.6) is 0 Å². The standard InChI is InChI=1S/C16H17BrFNO2/c17-13-6-7-15(18)16(8-13)19-9-14(20)11-21-10-12-4-2-1-3-5-12/h1-8,14,19-20H,9-11H2. The summed E-state index contributed by atoms with van der Waals surface area (Å²) in [5.41, 5.74) is 1.40. The second kappa shape index (κ2) is 8.12. The number of ether oxygens (including phenoxy) is 1. The van der Waals surface area contributed by atoms with Gasteiger partial charge in [-0.2, -0.15) is 0 Å². The maximum Gasteiger partial charge on any atom is 0.146 e. The molecule has 0 fully saturated rings. The Hall–Kier alpha value is -1.43. The first-order valence-electron chi connectivity index (χ1n) is 6.64. The summed E-state index contributed by atoms with van der Waals surface area (Å²) in [6.07, 6.45) is -0.702. The molecule has 0 saturated heterocycles. The molecular weight excluding hydrogens is 337 g/mol.